The Morgan fingerprint density at radius 3 is 3.06 bits per heavy atom. The lowest BCUT2D eigenvalue weighted by atomic mass is 10.5. The van der Waals surface area contributed by atoms with Crippen LogP contribution in [-0.4, -0.2) is 29.1 Å². The van der Waals surface area contributed by atoms with E-state index in [0.717, 1.165) is 10.3 Å². The highest BCUT2D eigenvalue weighted by Crippen LogP contribution is 2.17. The van der Waals surface area contributed by atoms with Crippen LogP contribution in [0.1, 0.15) is 5.82 Å². The van der Waals surface area contributed by atoms with Gasteiger partial charge >= 0.3 is 0 Å². The Hall–Kier alpha value is -1.96. The molecule has 0 unspecified atom stereocenters. The minimum absolute atomic E-state index is 0.507. The third-order valence-electron chi connectivity index (χ3n) is 2.41. The highest BCUT2D eigenvalue weighted by molar-refractivity contribution is 9.10. The molecule has 0 saturated carbocycles. The van der Waals surface area contributed by atoms with E-state index in [9.17, 15) is 0 Å². The van der Waals surface area contributed by atoms with Crippen LogP contribution in [-0.2, 0) is 13.6 Å². The molecule has 8 heteroatoms. The molecule has 0 bridgehead atoms. The molecule has 1 N–H and O–H groups in total. The van der Waals surface area contributed by atoms with E-state index >= 15 is 0 Å². The van der Waals surface area contributed by atoms with Gasteiger partial charge in [-0.05, 0) is 15.9 Å². The van der Waals surface area contributed by atoms with Gasteiger partial charge in [0.2, 0.25) is 0 Å². The van der Waals surface area contributed by atoms with Crippen LogP contribution in [0.3, 0.4) is 0 Å². The number of aromatic nitrogens is 6. The maximum atomic E-state index is 4.36. The molecule has 0 aromatic carbocycles. The van der Waals surface area contributed by atoms with E-state index in [1.165, 1.54) is 0 Å². The Balaban J connectivity index is 1.87. The minimum Gasteiger partial charge on any atom is -0.360 e. The number of hydrogen-bond donors (Lipinski definition) is 1. The molecule has 18 heavy (non-hydrogen) atoms. The fourth-order valence-corrected chi connectivity index (χ4v) is 2.05. The van der Waals surface area contributed by atoms with E-state index in [0.29, 0.717) is 18.2 Å². The van der Waals surface area contributed by atoms with Gasteiger partial charge in [-0.25, -0.2) is 15.0 Å². The van der Waals surface area contributed by atoms with Crippen LogP contribution in [0.25, 0.3) is 5.65 Å². The summed E-state index contributed by atoms with van der Waals surface area (Å²) < 4.78 is 4.30. The molecule has 0 aliphatic carbocycles. The van der Waals surface area contributed by atoms with Crippen LogP contribution in [0.15, 0.2) is 29.5 Å². The van der Waals surface area contributed by atoms with E-state index in [-0.39, 0.29) is 0 Å². The van der Waals surface area contributed by atoms with Crippen molar-refractivity contribution in [1.29, 1.82) is 0 Å². The van der Waals surface area contributed by atoms with Crippen molar-refractivity contribution in [2.24, 2.45) is 7.05 Å². The van der Waals surface area contributed by atoms with Crippen molar-refractivity contribution in [2.45, 2.75) is 6.54 Å². The first-order valence-electron chi connectivity index (χ1n) is 5.30. The minimum atomic E-state index is 0.507. The summed E-state index contributed by atoms with van der Waals surface area (Å²) in [6.07, 6.45) is 7.11. The summed E-state index contributed by atoms with van der Waals surface area (Å²) in [5.41, 5.74) is 0.772. The smallest absolute Gasteiger partial charge is 0.180 e. The second-order valence-corrected chi connectivity index (χ2v) is 4.57. The van der Waals surface area contributed by atoms with E-state index in [1.807, 2.05) is 23.8 Å². The Bertz CT molecular complexity index is 686. The Morgan fingerprint density at radius 2 is 2.28 bits per heavy atom. The van der Waals surface area contributed by atoms with Crippen molar-refractivity contribution in [3.63, 3.8) is 0 Å². The zero-order valence-corrected chi connectivity index (χ0v) is 11.2. The van der Waals surface area contributed by atoms with Gasteiger partial charge in [-0.1, -0.05) is 0 Å². The number of hydrogen-bond acceptors (Lipinski definition) is 5. The molecule has 3 aromatic heterocycles. The molecule has 3 rings (SSSR count). The normalized spacial score (nSPS) is 11.0. The number of rotatable bonds is 3. The standard InChI is InChI=1S/C10H10BrN7/c1-17-6-14-8(16-17)4-13-9-10-12-2-3-18(10)5-7(11)15-9/h2-3,5-6H,4H2,1H3,(H,13,15). The second-order valence-electron chi connectivity index (χ2n) is 3.76. The number of nitrogens with one attached hydrogen (secondary N) is 1. The maximum Gasteiger partial charge on any atom is 0.180 e. The van der Waals surface area contributed by atoms with Crippen LogP contribution in [0.4, 0.5) is 5.82 Å². The van der Waals surface area contributed by atoms with E-state index in [2.05, 4.69) is 41.3 Å². The van der Waals surface area contributed by atoms with Gasteiger partial charge in [0, 0.05) is 25.6 Å². The number of halogens is 1. The molecule has 3 aromatic rings. The first-order valence-corrected chi connectivity index (χ1v) is 6.09. The Labute approximate surface area is 111 Å². The zero-order chi connectivity index (χ0) is 12.5. The molecule has 0 saturated heterocycles. The van der Waals surface area contributed by atoms with Crippen LogP contribution in [0.2, 0.25) is 0 Å². The number of aryl methyl sites for hydroxylation is 1. The van der Waals surface area contributed by atoms with Crippen LogP contribution >= 0.6 is 15.9 Å². The van der Waals surface area contributed by atoms with E-state index < -0.39 is 0 Å². The fourth-order valence-electron chi connectivity index (χ4n) is 1.65. The summed E-state index contributed by atoms with van der Waals surface area (Å²) in [6, 6.07) is 0. The number of fused-ring (bicyclic) bond motifs is 1. The molecule has 7 nitrogen and oxygen atoms in total. The molecule has 0 aliphatic rings. The summed E-state index contributed by atoms with van der Waals surface area (Å²) in [5.74, 6) is 1.41. The van der Waals surface area contributed by atoms with Crippen molar-refractivity contribution in [2.75, 3.05) is 5.32 Å². The molecule has 92 valence electrons. The van der Waals surface area contributed by atoms with Crippen molar-refractivity contribution in [3.8, 4) is 0 Å². The van der Waals surface area contributed by atoms with Crippen molar-refractivity contribution < 1.29 is 0 Å². The SMILES string of the molecule is Cn1cnc(CNc2nc(Br)cn3ccnc23)n1. The third kappa shape index (κ3) is 2.06. The molecule has 0 aliphatic heterocycles. The van der Waals surface area contributed by atoms with Gasteiger partial charge in [-0.2, -0.15) is 5.10 Å². The molecular weight excluding hydrogens is 298 g/mol. The monoisotopic (exact) mass is 307 g/mol. The van der Waals surface area contributed by atoms with E-state index in [1.54, 1.807) is 17.2 Å². The van der Waals surface area contributed by atoms with Gasteiger partial charge in [0.25, 0.3) is 0 Å². The number of anilines is 1. The van der Waals surface area contributed by atoms with Gasteiger partial charge in [-0.3, -0.25) is 4.68 Å². The zero-order valence-electron chi connectivity index (χ0n) is 9.58. The van der Waals surface area contributed by atoms with Crippen LogP contribution < -0.4 is 5.32 Å². The van der Waals surface area contributed by atoms with Gasteiger partial charge in [0.05, 0.1) is 6.54 Å². The number of nitrogens with zero attached hydrogens (tertiary/aromatic N) is 6. The van der Waals surface area contributed by atoms with Crippen LogP contribution in [0.5, 0.6) is 0 Å². The highest BCUT2D eigenvalue weighted by atomic mass is 79.9. The largest absolute Gasteiger partial charge is 0.360 e. The van der Waals surface area contributed by atoms with E-state index in [4.69, 9.17) is 0 Å². The Kier molecular flexibility index (Phi) is 2.71. The lowest BCUT2D eigenvalue weighted by Crippen LogP contribution is -2.06. The third-order valence-corrected chi connectivity index (χ3v) is 2.79. The quantitative estimate of drug-likeness (QED) is 0.788. The van der Waals surface area contributed by atoms with Gasteiger partial charge in [-0.15, -0.1) is 0 Å². The van der Waals surface area contributed by atoms with Crippen molar-refractivity contribution in [3.05, 3.63) is 35.3 Å². The van der Waals surface area contributed by atoms with Gasteiger partial charge in [0.15, 0.2) is 17.3 Å². The highest BCUT2D eigenvalue weighted by Gasteiger charge is 2.07. The van der Waals surface area contributed by atoms with Crippen molar-refractivity contribution in [1.82, 2.24) is 29.1 Å². The van der Waals surface area contributed by atoms with Gasteiger partial charge in [0.1, 0.15) is 10.9 Å². The lowest BCUT2D eigenvalue weighted by molar-refractivity contribution is 0.747. The average molecular weight is 308 g/mol. The molecule has 0 radical (unpaired) electrons. The maximum absolute atomic E-state index is 4.36. The second kappa shape index (κ2) is 4.37. The lowest BCUT2D eigenvalue weighted by Gasteiger charge is -2.05. The summed E-state index contributed by atoms with van der Waals surface area (Å²) >= 11 is 3.36. The molecule has 3 heterocycles. The summed E-state index contributed by atoms with van der Waals surface area (Å²) in [5, 5.41) is 7.37. The Morgan fingerprint density at radius 1 is 1.39 bits per heavy atom. The predicted molar refractivity (Wildman–Crippen MR) is 69.0 cm³/mol. The molecular formula is C10H10BrN7. The molecule has 0 atom stereocenters. The first-order chi connectivity index (χ1) is 8.72. The van der Waals surface area contributed by atoms with Crippen molar-refractivity contribution >= 4 is 27.4 Å². The van der Waals surface area contributed by atoms with Gasteiger partial charge < -0.3 is 9.72 Å². The fraction of sp³-hybridized carbons (Fsp3) is 0.200. The molecule has 0 spiro atoms. The first kappa shape index (κ1) is 11.1. The molecule has 0 fully saturated rings. The molecule has 0 amide bonds. The topological polar surface area (TPSA) is 72.9 Å². The predicted octanol–water partition coefficient (Wildman–Crippen LogP) is 1.23. The average Bonchev–Trinajstić information content (AvgIpc) is 2.94. The summed E-state index contributed by atoms with van der Waals surface area (Å²) in [6.45, 7) is 0.507. The summed E-state index contributed by atoms with van der Waals surface area (Å²) in [7, 11) is 1.83. The van der Waals surface area contributed by atoms with Crippen LogP contribution in [0, 0.1) is 0 Å². The number of imidazole rings is 1. The summed E-state index contributed by atoms with van der Waals surface area (Å²) in [4.78, 5) is 12.7.